The lowest BCUT2D eigenvalue weighted by Gasteiger charge is -2.38. The van der Waals surface area contributed by atoms with Gasteiger partial charge in [0.25, 0.3) is 5.91 Å². The molecular weight excluding hydrogens is 362 g/mol. The first-order valence-electron chi connectivity index (χ1n) is 10.7. The number of benzene rings is 2. The topological polar surface area (TPSA) is 47.6 Å². The van der Waals surface area contributed by atoms with E-state index in [1.54, 1.807) is 0 Å². The Bertz CT molecular complexity index is 918. The van der Waals surface area contributed by atoms with E-state index in [4.69, 9.17) is 9.47 Å². The number of carbonyl (C=O) groups excluding carboxylic acids is 1. The molecule has 2 aromatic rings. The highest BCUT2D eigenvalue weighted by molar-refractivity contribution is 5.81. The molecule has 0 saturated heterocycles. The molecule has 4 nitrogen and oxygen atoms in total. The third-order valence-electron chi connectivity index (χ3n) is 5.97. The second-order valence-corrected chi connectivity index (χ2v) is 9.03. The van der Waals surface area contributed by atoms with Gasteiger partial charge in [-0.3, -0.25) is 4.79 Å². The molecule has 0 aromatic heterocycles. The van der Waals surface area contributed by atoms with Gasteiger partial charge in [0.15, 0.2) is 6.10 Å². The van der Waals surface area contributed by atoms with Gasteiger partial charge in [-0.2, -0.15) is 0 Å². The van der Waals surface area contributed by atoms with E-state index >= 15 is 0 Å². The molecule has 29 heavy (non-hydrogen) atoms. The summed E-state index contributed by atoms with van der Waals surface area (Å²) in [5, 5.41) is 3.21. The maximum atomic E-state index is 13.0. The molecular formula is C25H31NO3. The fraction of sp³-hybridized carbons (Fsp3) is 0.480. The third kappa shape index (κ3) is 4.26. The van der Waals surface area contributed by atoms with Crippen LogP contribution in [0.25, 0.3) is 0 Å². The molecule has 2 atom stereocenters. The Balaban J connectivity index is 1.50. The van der Waals surface area contributed by atoms with Crippen LogP contribution in [0, 0.1) is 6.92 Å². The van der Waals surface area contributed by atoms with E-state index in [2.05, 4.69) is 38.2 Å². The van der Waals surface area contributed by atoms with Crippen LogP contribution in [0.3, 0.4) is 0 Å². The fourth-order valence-electron chi connectivity index (χ4n) is 4.49. The second kappa shape index (κ2) is 7.74. The van der Waals surface area contributed by atoms with Crippen molar-refractivity contribution in [3.63, 3.8) is 0 Å². The zero-order valence-corrected chi connectivity index (χ0v) is 17.9. The highest BCUT2D eigenvalue weighted by Gasteiger charge is 2.35. The summed E-state index contributed by atoms with van der Waals surface area (Å²) in [6.07, 6.45) is 4.71. The van der Waals surface area contributed by atoms with Crippen LogP contribution in [0.1, 0.15) is 68.3 Å². The van der Waals surface area contributed by atoms with Gasteiger partial charge in [0.2, 0.25) is 0 Å². The molecule has 1 N–H and O–H groups in total. The lowest BCUT2D eigenvalue weighted by molar-refractivity contribution is -0.128. The Labute approximate surface area is 173 Å². The number of nitrogens with one attached hydrogen (secondary N) is 1. The van der Waals surface area contributed by atoms with Crippen molar-refractivity contribution in [3.05, 3.63) is 58.7 Å². The number of hydrogen-bond donors (Lipinski definition) is 1. The number of ether oxygens (including phenoxy) is 2. The summed E-state index contributed by atoms with van der Waals surface area (Å²) in [6, 6.07) is 12.3. The van der Waals surface area contributed by atoms with E-state index in [1.807, 2.05) is 31.2 Å². The molecule has 4 heteroatoms. The van der Waals surface area contributed by atoms with E-state index < -0.39 is 6.10 Å². The van der Waals surface area contributed by atoms with Gasteiger partial charge in [0, 0.05) is 12.0 Å². The average Bonchev–Trinajstić information content (AvgIpc) is 2.68. The maximum Gasteiger partial charge on any atom is 0.261 e. The zero-order chi connectivity index (χ0) is 20.6. The van der Waals surface area contributed by atoms with Crippen molar-refractivity contribution in [1.82, 2.24) is 5.32 Å². The van der Waals surface area contributed by atoms with Crippen LogP contribution in [-0.4, -0.2) is 17.6 Å². The summed E-state index contributed by atoms with van der Waals surface area (Å²) in [7, 11) is 0. The first-order chi connectivity index (χ1) is 13.8. The number of aryl methyl sites for hydroxylation is 2. The Kier molecular flexibility index (Phi) is 5.28. The van der Waals surface area contributed by atoms with Crippen molar-refractivity contribution >= 4 is 5.91 Å². The van der Waals surface area contributed by atoms with E-state index in [0.717, 1.165) is 41.9 Å². The van der Waals surface area contributed by atoms with Crippen molar-refractivity contribution in [2.24, 2.45) is 0 Å². The Morgan fingerprint density at radius 1 is 1.21 bits per heavy atom. The van der Waals surface area contributed by atoms with Crippen molar-refractivity contribution < 1.29 is 14.3 Å². The molecule has 0 fully saturated rings. The van der Waals surface area contributed by atoms with E-state index in [1.165, 1.54) is 24.0 Å². The third-order valence-corrected chi connectivity index (χ3v) is 5.97. The van der Waals surface area contributed by atoms with Gasteiger partial charge < -0.3 is 14.8 Å². The molecule has 1 aliphatic heterocycles. The Hall–Kier alpha value is -2.49. The van der Waals surface area contributed by atoms with Gasteiger partial charge in [-0.25, -0.2) is 0 Å². The molecule has 0 spiro atoms. The molecule has 2 aromatic carbocycles. The normalized spacial score (nSPS) is 20.6. The molecule has 4 rings (SSSR count). The van der Waals surface area contributed by atoms with Crippen LogP contribution < -0.4 is 14.8 Å². The van der Waals surface area contributed by atoms with Crippen LogP contribution in [0.5, 0.6) is 11.5 Å². The summed E-state index contributed by atoms with van der Waals surface area (Å²) in [5.41, 5.74) is 4.50. The lowest BCUT2D eigenvalue weighted by atomic mass is 9.89. The SMILES string of the molecule is Cc1ccc2c(c1)[C@H](NC(=O)[C@H](C)Oc1cccc3c1CCCC3)CC(C)(C)O2. The molecule has 0 bridgehead atoms. The summed E-state index contributed by atoms with van der Waals surface area (Å²) in [5.74, 6) is 1.62. The Morgan fingerprint density at radius 3 is 2.83 bits per heavy atom. The predicted octanol–water partition coefficient (Wildman–Crippen LogP) is 5.06. The first kappa shape index (κ1) is 19.8. The minimum atomic E-state index is -0.553. The minimum absolute atomic E-state index is 0.0862. The summed E-state index contributed by atoms with van der Waals surface area (Å²) in [6.45, 7) is 8.01. The standard InChI is InChI=1S/C25H31NO3/c1-16-12-13-23-20(14-16)21(15-25(3,4)29-23)26-24(27)17(2)28-22-11-7-9-18-8-5-6-10-19(18)22/h7,9,11-14,17,21H,5-6,8,10,15H2,1-4H3,(H,26,27)/t17-,21+/m0/s1. The maximum absolute atomic E-state index is 13.0. The largest absolute Gasteiger partial charge is 0.487 e. The molecule has 154 valence electrons. The quantitative estimate of drug-likeness (QED) is 0.790. The number of amides is 1. The van der Waals surface area contributed by atoms with Gasteiger partial charge in [-0.15, -0.1) is 0 Å². The van der Waals surface area contributed by atoms with Crippen molar-refractivity contribution in [2.75, 3.05) is 0 Å². The van der Waals surface area contributed by atoms with Crippen molar-refractivity contribution in [3.8, 4) is 11.5 Å². The molecule has 1 amide bonds. The molecule has 1 heterocycles. The van der Waals surface area contributed by atoms with Gasteiger partial charge in [0.1, 0.15) is 17.1 Å². The molecule has 2 aliphatic rings. The number of carbonyl (C=O) groups is 1. The molecule has 0 radical (unpaired) electrons. The van der Waals surface area contributed by atoms with E-state index in [-0.39, 0.29) is 17.6 Å². The second-order valence-electron chi connectivity index (χ2n) is 9.03. The monoisotopic (exact) mass is 393 g/mol. The summed E-state index contributed by atoms with van der Waals surface area (Å²) >= 11 is 0. The lowest BCUT2D eigenvalue weighted by Crippen LogP contribution is -2.44. The summed E-state index contributed by atoms with van der Waals surface area (Å²) in [4.78, 5) is 13.0. The van der Waals surface area contributed by atoms with Crippen molar-refractivity contribution in [1.29, 1.82) is 0 Å². The van der Waals surface area contributed by atoms with Crippen LogP contribution >= 0.6 is 0 Å². The first-order valence-corrected chi connectivity index (χ1v) is 10.7. The predicted molar refractivity (Wildman–Crippen MR) is 115 cm³/mol. The van der Waals surface area contributed by atoms with Gasteiger partial charge in [-0.05, 0) is 76.6 Å². The average molecular weight is 394 g/mol. The van der Waals surface area contributed by atoms with Crippen LogP contribution in [0.15, 0.2) is 36.4 Å². The van der Waals surface area contributed by atoms with E-state index in [9.17, 15) is 4.79 Å². The van der Waals surface area contributed by atoms with Gasteiger partial charge in [-0.1, -0.05) is 29.8 Å². The highest BCUT2D eigenvalue weighted by atomic mass is 16.5. The minimum Gasteiger partial charge on any atom is -0.487 e. The number of hydrogen-bond acceptors (Lipinski definition) is 3. The molecule has 0 unspecified atom stereocenters. The molecule has 0 saturated carbocycles. The Morgan fingerprint density at radius 2 is 2.00 bits per heavy atom. The van der Waals surface area contributed by atoms with Crippen molar-refractivity contribution in [2.45, 2.75) is 77.5 Å². The molecule has 1 aliphatic carbocycles. The number of rotatable bonds is 4. The smallest absolute Gasteiger partial charge is 0.261 e. The number of fused-ring (bicyclic) bond motifs is 2. The van der Waals surface area contributed by atoms with E-state index in [0.29, 0.717) is 0 Å². The fourth-order valence-corrected chi connectivity index (χ4v) is 4.49. The van der Waals surface area contributed by atoms with Crippen LogP contribution in [0.2, 0.25) is 0 Å². The van der Waals surface area contributed by atoms with Crippen LogP contribution in [0.4, 0.5) is 0 Å². The van der Waals surface area contributed by atoms with Gasteiger partial charge in [0.05, 0.1) is 6.04 Å². The highest BCUT2D eigenvalue weighted by Crippen LogP contribution is 2.40. The van der Waals surface area contributed by atoms with Crippen LogP contribution in [-0.2, 0) is 17.6 Å². The summed E-state index contributed by atoms with van der Waals surface area (Å²) < 4.78 is 12.3. The van der Waals surface area contributed by atoms with Gasteiger partial charge >= 0.3 is 0 Å². The zero-order valence-electron chi connectivity index (χ0n) is 17.9.